The number of nitrogens with one attached hydrogen (secondary N) is 1. The lowest BCUT2D eigenvalue weighted by molar-refractivity contribution is -0.123. The molecule has 1 saturated heterocycles. The van der Waals surface area contributed by atoms with E-state index in [1.165, 1.54) is 0 Å². The van der Waals surface area contributed by atoms with Crippen LogP contribution in [0.25, 0.3) is 0 Å². The Bertz CT molecular complexity index is 179. The van der Waals surface area contributed by atoms with Gasteiger partial charge in [-0.1, -0.05) is 6.08 Å². The van der Waals surface area contributed by atoms with Gasteiger partial charge in [-0.05, 0) is 25.8 Å². The largest absolute Gasteiger partial charge is 0.369 e. The van der Waals surface area contributed by atoms with E-state index in [0.717, 1.165) is 25.8 Å². The fraction of sp³-hybridized carbons (Fsp3) is 0.667. The fourth-order valence-electron chi connectivity index (χ4n) is 1.72. The van der Waals surface area contributed by atoms with E-state index >= 15 is 0 Å². The monoisotopic (exact) mass is 168 g/mol. The van der Waals surface area contributed by atoms with Crippen LogP contribution in [0.5, 0.6) is 0 Å². The molecule has 0 radical (unpaired) electrons. The van der Waals surface area contributed by atoms with Crippen LogP contribution in [0, 0.1) is 5.92 Å². The van der Waals surface area contributed by atoms with Gasteiger partial charge in [0, 0.05) is 6.04 Å². The molecule has 3 N–H and O–H groups in total. The average Bonchev–Trinajstić information content (AvgIpc) is 2.05. The van der Waals surface area contributed by atoms with Crippen molar-refractivity contribution in [1.29, 1.82) is 0 Å². The van der Waals surface area contributed by atoms with Crippen LogP contribution in [-0.2, 0) is 4.79 Å². The van der Waals surface area contributed by atoms with Gasteiger partial charge < -0.3 is 11.1 Å². The summed E-state index contributed by atoms with van der Waals surface area (Å²) < 4.78 is 0. The Morgan fingerprint density at radius 2 is 2.50 bits per heavy atom. The summed E-state index contributed by atoms with van der Waals surface area (Å²) in [6, 6.07) is 0.216. The number of rotatable bonds is 3. The number of amides is 1. The minimum Gasteiger partial charge on any atom is -0.369 e. The third-order valence-corrected chi connectivity index (χ3v) is 2.37. The van der Waals surface area contributed by atoms with Gasteiger partial charge in [0.2, 0.25) is 5.91 Å². The van der Waals surface area contributed by atoms with E-state index in [-0.39, 0.29) is 17.9 Å². The summed E-state index contributed by atoms with van der Waals surface area (Å²) in [7, 11) is 0. The first-order valence-corrected chi connectivity index (χ1v) is 4.39. The van der Waals surface area contributed by atoms with Crippen molar-refractivity contribution in [3.8, 4) is 0 Å². The Kier molecular flexibility index (Phi) is 3.29. The van der Waals surface area contributed by atoms with Gasteiger partial charge in [0.05, 0.1) is 5.92 Å². The molecule has 0 aromatic carbocycles. The van der Waals surface area contributed by atoms with Gasteiger partial charge >= 0.3 is 0 Å². The van der Waals surface area contributed by atoms with E-state index in [0.29, 0.717) is 0 Å². The molecule has 1 amide bonds. The fourth-order valence-corrected chi connectivity index (χ4v) is 1.72. The average molecular weight is 168 g/mol. The maximum absolute atomic E-state index is 11.0. The van der Waals surface area contributed by atoms with Crippen LogP contribution >= 0.6 is 0 Å². The molecule has 0 aromatic heterocycles. The van der Waals surface area contributed by atoms with Gasteiger partial charge in [0.1, 0.15) is 0 Å². The Morgan fingerprint density at radius 1 is 1.75 bits per heavy atom. The lowest BCUT2D eigenvalue weighted by atomic mass is 9.88. The third kappa shape index (κ3) is 2.08. The zero-order chi connectivity index (χ0) is 8.97. The van der Waals surface area contributed by atoms with Crippen molar-refractivity contribution in [2.75, 3.05) is 6.54 Å². The van der Waals surface area contributed by atoms with Crippen molar-refractivity contribution in [3.63, 3.8) is 0 Å². The van der Waals surface area contributed by atoms with E-state index in [2.05, 4.69) is 11.9 Å². The van der Waals surface area contributed by atoms with Crippen molar-refractivity contribution in [1.82, 2.24) is 5.32 Å². The second kappa shape index (κ2) is 4.26. The van der Waals surface area contributed by atoms with Gasteiger partial charge in [-0.15, -0.1) is 6.58 Å². The van der Waals surface area contributed by atoms with Crippen molar-refractivity contribution >= 4 is 5.91 Å². The highest BCUT2D eigenvalue weighted by atomic mass is 16.1. The molecule has 0 bridgehead atoms. The van der Waals surface area contributed by atoms with Gasteiger partial charge in [-0.3, -0.25) is 4.79 Å². The summed E-state index contributed by atoms with van der Waals surface area (Å²) in [5.41, 5.74) is 5.27. The molecule has 1 heterocycles. The number of piperidine rings is 1. The summed E-state index contributed by atoms with van der Waals surface area (Å²) in [6.45, 7) is 4.64. The van der Waals surface area contributed by atoms with Crippen molar-refractivity contribution in [2.45, 2.75) is 25.3 Å². The van der Waals surface area contributed by atoms with Crippen LogP contribution < -0.4 is 11.1 Å². The van der Waals surface area contributed by atoms with Crippen LogP contribution in [0.4, 0.5) is 0 Å². The minimum atomic E-state index is -0.186. The van der Waals surface area contributed by atoms with Crippen LogP contribution in [0.2, 0.25) is 0 Å². The molecule has 1 aliphatic rings. The number of hydrogen-bond acceptors (Lipinski definition) is 2. The lowest BCUT2D eigenvalue weighted by Crippen LogP contribution is -2.46. The first-order valence-electron chi connectivity index (χ1n) is 4.39. The molecule has 1 rings (SSSR count). The number of primary amides is 1. The normalized spacial score (nSPS) is 29.7. The van der Waals surface area contributed by atoms with Gasteiger partial charge in [0.15, 0.2) is 0 Å². The minimum absolute atomic E-state index is 0.00301. The van der Waals surface area contributed by atoms with E-state index < -0.39 is 0 Å². The summed E-state index contributed by atoms with van der Waals surface area (Å²) in [6.07, 6.45) is 4.62. The molecular weight excluding hydrogens is 152 g/mol. The SMILES string of the molecule is C=CCC1NCCCC1C(N)=O. The second-order valence-electron chi connectivity index (χ2n) is 3.24. The van der Waals surface area contributed by atoms with Crippen LogP contribution in [0.1, 0.15) is 19.3 Å². The zero-order valence-electron chi connectivity index (χ0n) is 7.25. The topological polar surface area (TPSA) is 55.1 Å². The molecule has 0 saturated carbocycles. The molecule has 1 aliphatic heterocycles. The first-order chi connectivity index (χ1) is 5.75. The molecule has 2 unspecified atom stereocenters. The Hall–Kier alpha value is -0.830. The predicted molar refractivity (Wildman–Crippen MR) is 48.5 cm³/mol. The second-order valence-corrected chi connectivity index (χ2v) is 3.24. The number of hydrogen-bond donors (Lipinski definition) is 2. The zero-order valence-corrected chi connectivity index (χ0v) is 7.25. The lowest BCUT2D eigenvalue weighted by Gasteiger charge is -2.29. The molecule has 3 nitrogen and oxygen atoms in total. The smallest absolute Gasteiger partial charge is 0.222 e. The molecule has 12 heavy (non-hydrogen) atoms. The molecule has 1 fully saturated rings. The maximum Gasteiger partial charge on any atom is 0.222 e. The highest BCUT2D eigenvalue weighted by Gasteiger charge is 2.27. The molecule has 0 spiro atoms. The molecular formula is C9H16N2O. The van der Waals surface area contributed by atoms with E-state index in [1.54, 1.807) is 0 Å². The first kappa shape index (κ1) is 9.26. The molecule has 2 atom stereocenters. The van der Waals surface area contributed by atoms with Crippen molar-refractivity contribution in [2.24, 2.45) is 11.7 Å². The quantitative estimate of drug-likeness (QED) is 0.600. The Morgan fingerprint density at radius 3 is 3.08 bits per heavy atom. The summed E-state index contributed by atoms with van der Waals surface area (Å²) >= 11 is 0. The predicted octanol–water partition coefficient (Wildman–Crippen LogP) is 0.416. The summed E-state index contributed by atoms with van der Waals surface area (Å²) in [4.78, 5) is 11.0. The van der Waals surface area contributed by atoms with E-state index in [9.17, 15) is 4.79 Å². The summed E-state index contributed by atoms with van der Waals surface area (Å²) in [5, 5.41) is 3.28. The highest BCUT2D eigenvalue weighted by Crippen LogP contribution is 2.18. The molecule has 0 aromatic rings. The van der Waals surface area contributed by atoms with Gasteiger partial charge in [0.25, 0.3) is 0 Å². The van der Waals surface area contributed by atoms with Gasteiger partial charge in [-0.25, -0.2) is 0 Å². The van der Waals surface area contributed by atoms with Gasteiger partial charge in [-0.2, -0.15) is 0 Å². The number of carbonyl (C=O) groups excluding carboxylic acids is 1. The number of nitrogens with two attached hydrogens (primary N) is 1. The standard InChI is InChI=1S/C9H16N2O/c1-2-4-8-7(9(10)12)5-3-6-11-8/h2,7-8,11H,1,3-6H2,(H2,10,12). The van der Waals surface area contributed by atoms with Crippen molar-refractivity contribution in [3.05, 3.63) is 12.7 Å². The molecule has 3 heteroatoms. The third-order valence-electron chi connectivity index (χ3n) is 2.37. The van der Waals surface area contributed by atoms with E-state index in [4.69, 9.17) is 5.73 Å². The molecule has 0 aliphatic carbocycles. The number of carbonyl (C=O) groups is 1. The maximum atomic E-state index is 11.0. The van der Waals surface area contributed by atoms with E-state index in [1.807, 2.05) is 6.08 Å². The highest BCUT2D eigenvalue weighted by molar-refractivity contribution is 5.77. The molecule has 68 valence electrons. The summed E-state index contributed by atoms with van der Waals surface area (Å²) in [5.74, 6) is -0.189. The van der Waals surface area contributed by atoms with Crippen LogP contribution in [0.3, 0.4) is 0 Å². The van der Waals surface area contributed by atoms with Crippen LogP contribution in [-0.4, -0.2) is 18.5 Å². The van der Waals surface area contributed by atoms with Crippen molar-refractivity contribution < 1.29 is 4.79 Å². The van der Waals surface area contributed by atoms with Crippen LogP contribution in [0.15, 0.2) is 12.7 Å². The Balaban J connectivity index is 2.53. The Labute approximate surface area is 73.0 Å².